The molecule has 0 aliphatic carbocycles. The molecular formula is C22H29N5O4. The number of fused-ring (bicyclic) bond motifs is 1. The second-order valence-electron chi connectivity index (χ2n) is 8.16. The quantitative estimate of drug-likeness (QED) is 0.645. The number of rotatable bonds is 6. The second-order valence-corrected chi connectivity index (χ2v) is 8.16. The van der Waals surface area contributed by atoms with Crippen LogP contribution in [0.2, 0.25) is 0 Å². The number of imidazole rings is 1. The average molecular weight is 428 g/mol. The van der Waals surface area contributed by atoms with Crippen molar-refractivity contribution in [3.05, 3.63) is 40.3 Å². The molecule has 9 heteroatoms. The van der Waals surface area contributed by atoms with Gasteiger partial charge < -0.3 is 10.5 Å². The maximum atomic E-state index is 12.8. The van der Waals surface area contributed by atoms with Gasteiger partial charge in [-0.1, -0.05) is 18.2 Å². The summed E-state index contributed by atoms with van der Waals surface area (Å²) in [6.45, 7) is 3.95. The molecule has 3 heterocycles. The van der Waals surface area contributed by atoms with Crippen LogP contribution >= 0.6 is 0 Å². The first-order chi connectivity index (χ1) is 15.0. The Bertz CT molecular complexity index is 1070. The van der Waals surface area contributed by atoms with Gasteiger partial charge in [0.2, 0.25) is 11.8 Å². The fraction of sp³-hybridized carbons (Fsp3) is 0.500. The van der Waals surface area contributed by atoms with E-state index in [2.05, 4.69) is 16.3 Å². The first kappa shape index (κ1) is 21.5. The van der Waals surface area contributed by atoms with E-state index in [-0.39, 0.29) is 24.1 Å². The van der Waals surface area contributed by atoms with Gasteiger partial charge in [-0.25, -0.2) is 4.79 Å². The van der Waals surface area contributed by atoms with Crippen molar-refractivity contribution < 1.29 is 14.3 Å². The van der Waals surface area contributed by atoms with Gasteiger partial charge in [0.15, 0.2) is 0 Å². The molecule has 0 bridgehead atoms. The van der Waals surface area contributed by atoms with Crippen LogP contribution in [-0.4, -0.2) is 64.7 Å². The highest BCUT2D eigenvalue weighted by molar-refractivity contribution is 6.00. The summed E-state index contributed by atoms with van der Waals surface area (Å²) in [5.41, 5.74) is 7.81. The largest absolute Gasteiger partial charge is 0.376 e. The zero-order valence-corrected chi connectivity index (χ0v) is 17.8. The van der Waals surface area contributed by atoms with Crippen molar-refractivity contribution in [2.45, 2.75) is 31.4 Å². The molecule has 0 radical (unpaired) electrons. The molecule has 3 N–H and O–H groups in total. The van der Waals surface area contributed by atoms with E-state index in [9.17, 15) is 14.4 Å². The number of morpholine rings is 1. The van der Waals surface area contributed by atoms with E-state index >= 15 is 0 Å². The second kappa shape index (κ2) is 9.17. The summed E-state index contributed by atoms with van der Waals surface area (Å²) in [4.78, 5) is 39.0. The molecule has 2 atom stereocenters. The Hall–Kier alpha value is -2.75. The Kier molecular flexibility index (Phi) is 6.35. The number of piperidine rings is 1. The number of aromatic nitrogens is 2. The molecule has 4 rings (SSSR count). The molecule has 2 saturated heterocycles. The van der Waals surface area contributed by atoms with Crippen LogP contribution in [0.25, 0.3) is 17.1 Å². The van der Waals surface area contributed by atoms with Gasteiger partial charge in [0.1, 0.15) is 6.04 Å². The summed E-state index contributed by atoms with van der Waals surface area (Å²) in [6, 6.07) is 5.09. The summed E-state index contributed by atoms with van der Waals surface area (Å²) < 4.78 is 8.77. The highest BCUT2D eigenvalue weighted by Crippen LogP contribution is 2.24. The van der Waals surface area contributed by atoms with Gasteiger partial charge in [0.25, 0.3) is 0 Å². The molecule has 31 heavy (non-hydrogen) atoms. The van der Waals surface area contributed by atoms with Crippen molar-refractivity contribution >= 4 is 28.9 Å². The molecule has 9 nitrogen and oxygen atoms in total. The van der Waals surface area contributed by atoms with E-state index in [0.29, 0.717) is 18.5 Å². The highest BCUT2D eigenvalue weighted by Gasteiger charge is 2.31. The summed E-state index contributed by atoms with van der Waals surface area (Å²) in [6.07, 6.45) is 5.78. The third-order valence-corrected chi connectivity index (χ3v) is 6.02. The zero-order chi connectivity index (χ0) is 22.0. The van der Waals surface area contributed by atoms with Crippen molar-refractivity contribution in [2.75, 3.05) is 32.8 Å². The molecule has 2 aromatic rings. The van der Waals surface area contributed by atoms with Crippen LogP contribution in [0.3, 0.4) is 0 Å². The molecule has 2 amide bonds. The van der Waals surface area contributed by atoms with Crippen LogP contribution in [0.1, 0.15) is 30.9 Å². The van der Waals surface area contributed by atoms with Gasteiger partial charge in [0.05, 0.1) is 23.7 Å². The SMILES string of the molecule is Cn1c(=O)n(C2CCC(=O)NC2=O)c2ccc(C=CCN3CCO[C@H](CCN)C3)cc21. The van der Waals surface area contributed by atoms with Gasteiger partial charge in [-0.15, -0.1) is 0 Å². The van der Waals surface area contributed by atoms with Crippen LogP contribution in [0.15, 0.2) is 29.1 Å². The number of carbonyl (C=O) groups excluding carboxylic acids is 2. The Balaban J connectivity index is 1.52. The van der Waals surface area contributed by atoms with Gasteiger partial charge in [-0.2, -0.15) is 0 Å². The monoisotopic (exact) mass is 427 g/mol. The number of nitrogens with two attached hydrogens (primary N) is 1. The van der Waals surface area contributed by atoms with E-state index in [1.165, 1.54) is 4.57 Å². The number of ether oxygens (including phenoxy) is 1. The molecule has 2 aliphatic rings. The van der Waals surface area contributed by atoms with E-state index in [0.717, 1.165) is 43.7 Å². The normalized spacial score (nSPS) is 23.0. The van der Waals surface area contributed by atoms with E-state index in [1.807, 2.05) is 24.3 Å². The number of hydrogen-bond donors (Lipinski definition) is 2. The Morgan fingerprint density at radius 3 is 2.87 bits per heavy atom. The van der Waals surface area contributed by atoms with Crippen molar-refractivity contribution in [1.82, 2.24) is 19.4 Å². The molecule has 1 aromatic carbocycles. The van der Waals surface area contributed by atoms with Gasteiger partial charge >= 0.3 is 5.69 Å². The Labute approximate surface area is 180 Å². The lowest BCUT2D eigenvalue weighted by Crippen LogP contribution is -2.44. The van der Waals surface area contributed by atoms with E-state index < -0.39 is 11.9 Å². The minimum absolute atomic E-state index is 0.199. The minimum Gasteiger partial charge on any atom is -0.376 e. The number of benzene rings is 1. The van der Waals surface area contributed by atoms with Crippen LogP contribution < -0.4 is 16.7 Å². The predicted molar refractivity (Wildman–Crippen MR) is 117 cm³/mol. The summed E-state index contributed by atoms with van der Waals surface area (Å²) in [5, 5.41) is 2.33. The van der Waals surface area contributed by atoms with Gasteiger partial charge in [-0.3, -0.25) is 28.9 Å². The van der Waals surface area contributed by atoms with E-state index in [1.54, 1.807) is 11.6 Å². The number of nitrogens with zero attached hydrogens (tertiary/aromatic N) is 3. The Morgan fingerprint density at radius 2 is 2.10 bits per heavy atom. The molecule has 1 unspecified atom stereocenters. The molecule has 166 valence electrons. The standard InChI is InChI=1S/C22H29N5O4/c1-25-19-13-15(3-2-10-26-11-12-31-16(14-26)8-9-23)4-5-17(19)27(22(25)30)18-6-7-20(28)24-21(18)29/h2-5,13,16,18H,6-12,14,23H2,1H3,(H,24,28,29)/t16-,18?/m1/s1. The van der Waals surface area contributed by atoms with Crippen molar-refractivity contribution in [3.8, 4) is 0 Å². The summed E-state index contributed by atoms with van der Waals surface area (Å²) >= 11 is 0. The summed E-state index contributed by atoms with van der Waals surface area (Å²) in [7, 11) is 1.70. The lowest BCUT2D eigenvalue weighted by Gasteiger charge is -2.32. The lowest BCUT2D eigenvalue weighted by atomic mass is 10.1. The fourth-order valence-corrected chi connectivity index (χ4v) is 4.36. The van der Waals surface area contributed by atoms with Gasteiger partial charge in [0, 0.05) is 33.1 Å². The molecule has 0 saturated carbocycles. The molecule has 2 aliphatic heterocycles. The number of carbonyl (C=O) groups is 2. The third-order valence-electron chi connectivity index (χ3n) is 6.02. The number of hydrogen-bond acceptors (Lipinski definition) is 6. The summed E-state index contributed by atoms with van der Waals surface area (Å²) in [5.74, 6) is -0.718. The molecule has 0 spiro atoms. The molecular weight excluding hydrogens is 398 g/mol. The average Bonchev–Trinajstić information content (AvgIpc) is 2.99. The van der Waals surface area contributed by atoms with Crippen LogP contribution in [0.4, 0.5) is 0 Å². The smallest absolute Gasteiger partial charge is 0.329 e. The molecule has 1 aromatic heterocycles. The van der Waals surface area contributed by atoms with Crippen molar-refractivity contribution in [2.24, 2.45) is 12.8 Å². The van der Waals surface area contributed by atoms with Crippen LogP contribution in [0, 0.1) is 0 Å². The lowest BCUT2D eigenvalue weighted by molar-refractivity contribution is -0.135. The van der Waals surface area contributed by atoms with Crippen LogP contribution in [0.5, 0.6) is 0 Å². The number of imide groups is 1. The number of amides is 2. The third kappa shape index (κ3) is 4.48. The van der Waals surface area contributed by atoms with Crippen LogP contribution in [-0.2, 0) is 21.4 Å². The number of aryl methyl sites for hydroxylation is 1. The highest BCUT2D eigenvalue weighted by atomic mass is 16.5. The zero-order valence-electron chi connectivity index (χ0n) is 17.8. The first-order valence-corrected chi connectivity index (χ1v) is 10.7. The first-order valence-electron chi connectivity index (χ1n) is 10.7. The van der Waals surface area contributed by atoms with Crippen molar-refractivity contribution in [3.63, 3.8) is 0 Å². The maximum absolute atomic E-state index is 12.8. The van der Waals surface area contributed by atoms with Gasteiger partial charge in [-0.05, 0) is 37.1 Å². The maximum Gasteiger partial charge on any atom is 0.329 e. The number of nitrogens with one attached hydrogen (secondary N) is 1. The van der Waals surface area contributed by atoms with Crippen molar-refractivity contribution in [1.29, 1.82) is 0 Å². The Morgan fingerprint density at radius 1 is 1.26 bits per heavy atom. The molecule has 2 fully saturated rings. The topological polar surface area (TPSA) is 112 Å². The fourth-order valence-electron chi connectivity index (χ4n) is 4.36. The van der Waals surface area contributed by atoms with E-state index in [4.69, 9.17) is 10.5 Å². The minimum atomic E-state index is -0.668. The predicted octanol–water partition coefficient (Wildman–Crippen LogP) is 0.381.